The number of hydrogen-bond donors (Lipinski definition) is 1. The predicted molar refractivity (Wildman–Crippen MR) is 81.0 cm³/mol. The normalized spacial score (nSPS) is 11.9. The second-order valence-electron chi connectivity index (χ2n) is 4.64. The van der Waals surface area contributed by atoms with Gasteiger partial charge in [0, 0.05) is 12.8 Å². The highest BCUT2D eigenvalue weighted by molar-refractivity contribution is 5.79. The molecule has 0 amide bonds. The highest BCUT2D eigenvalue weighted by Crippen LogP contribution is 2.18. The minimum absolute atomic E-state index is 0.184. The Balaban J connectivity index is 2.79. The van der Waals surface area contributed by atoms with Gasteiger partial charge in [0.2, 0.25) is 0 Å². The maximum atomic E-state index is 12.0. The summed E-state index contributed by atoms with van der Waals surface area (Å²) in [6.07, 6.45) is 2.51. The van der Waals surface area contributed by atoms with Crippen LogP contribution in [0.1, 0.15) is 32.3 Å². The van der Waals surface area contributed by atoms with E-state index in [2.05, 4.69) is 18.3 Å². The second-order valence-corrected chi connectivity index (χ2v) is 4.64. The maximum absolute atomic E-state index is 12.0. The maximum Gasteiger partial charge on any atom is 0.328 e. The number of rotatable bonds is 9. The van der Waals surface area contributed by atoms with Crippen LogP contribution in [0.4, 0.5) is 5.69 Å². The third kappa shape index (κ3) is 5.21. The van der Waals surface area contributed by atoms with Gasteiger partial charge in [-0.1, -0.05) is 31.5 Å². The van der Waals surface area contributed by atoms with E-state index >= 15 is 0 Å². The van der Waals surface area contributed by atoms with Crippen LogP contribution < -0.4 is 5.32 Å². The molecular weight excluding hydrogens is 254 g/mol. The van der Waals surface area contributed by atoms with E-state index < -0.39 is 0 Å². The van der Waals surface area contributed by atoms with Crippen LogP contribution in [-0.4, -0.2) is 32.3 Å². The molecule has 112 valence electrons. The Labute approximate surface area is 121 Å². The van der Waals surface area contributed by atoms with Gasteiger partial charge in [0.25, 0.3) is 0 Å². The fraction of sp³-hybridized carbons (Fsp3) is 0.562. The molecule has 0 aliphatic heterocycles. The summed E-state index contributed by atoms with van der Waals surface area (Å²) in [5.41, 5.74) is 2.14. The molecule has 0 aromatic heterocycles. The molecule has 0 aliphatic rings. The molecule has 1 aromatic carbocycles. The molecule has 0 radical (unpaired) electrons. The number of carbonyl (C=O) groups excluding carboxylic acids is 1. The highest BCUT2D eigenvalue weighted by Gasteiger charge is 2.19. The van der Waals surface area contributed by atoms with Gasteiger partial charge in [-0.25, -0.2) is 4.79 Å². The van der Waals surface area contributed by atoms with Gasteiger partial charge < -0.3 is 14.8 Å². The molecule has 4 nitrogen and oxygen atoms in total. The number of esters is 1. The summed E-state index contributed by atoms with van der Waals surface area (Å²) in [6, 6.07) is 7.72. The molecule has 1 rings (SSSR count). The third-order valence-corrected chi connectivity index (χ3v) is 3.07. The van der Waals surface area contributed by atoms with Crippen molar-refractivity contribution >= 4 is 11.7 Å². The third-order valence-electron chi connectivity index (χ3n) is 3.07. The first-order chi connectivity index (χ1) is 9.72. The number of anilines is 1. The van der Waals surface area contributed by atoms with Crippen LogP contribution in [-0.2, 0) is 20.7 Å². The van der Waals surface area contributed by atoms with Crippen LogP contribution in [0.2, 0.25) is 0 Å². The summed E-state index contributed by atoms with van der Waals surface area (Å²) >= 11 is 0. The van der Waals surface area contributed by atoms with Gasteiger partial charge in [0.1, 0.15) is 6.04 Å². The van der Waals surface area contributed by atoms with Crippen LogP contribution in [0.3, 0.4) is 0 Å². The van der Waals surface area contributed by atoms with Gasteiger partial charge >= 0.3 is 5.97 Å². The quantitative estimate of drug-likeness (QED) is 0.706. The zero-order valence-corrected chi connectivity index (χ0v) is 12.6. The molecule has 1 N–H and O–H groups in total. The van der Waals surface area contributed by atoms with Crippen molar-refractivity contribution in [1.29, 1.82) is 0 Å². The van der Waals surface area contributed by atoms with E-state index in [1.54, 1.807) is 7.11 Å². The lowest BCUT2D eigenvalue weighted by atomic mass is 10.1. The molecule has 4 heteroatoms. The first kappa shape index (κ1) is 16.5. The Bertz CT molecular complexity index is 406. The Morgan fingerprint density at radius 1 is 1.30 bits per heavy atom. The van der Waals surface area contributed by atoms with Crippen molar-refractivity contribution in [3.05, 3.63) is 29.8 Å². The van der Waals surface area contributed by atoms with Gasteiger partial charge in [0.05, 0.1) is 13.2 Å². The summed E-state index contributed by atoms with van der Waals surface area (Å²) in [5.74, 6) is -0.184. The first-order valence-electron chi connectivity index (χ1n) is 7.22. The van der Waals surface area contributed by atoms with Crippen LogP contribution in [0, 0.1) is 0 Å². The fourth-order valence-corrected chi connectivity index (χ4v) is 2.06. The molecule has 20 heavy (non-hydrogen) atoms. The number of hydrogen-bond acceptors (Lipinski definition) is 4. The van der Waals surface area contributed by atoms with Gasteiger partial charge in [-0.05, 0) is 31.4 Å². The lowest BCUT2D eigenvalue weighted by molar-refractivity contribution is -0.144. The standard InChI is InChI=1S/C16H25NO3/c1-4-8-15(16(18)20-5-2)17-14-10-7-6-9-13(14)11-12-19-3/h6-7,9-10,15,17H,4-5,8,11-12H2,1-3H3. The number of carbonyl (C=O) groups is 1. The van der Waals surface area contributed by atoms with Crippen molar-refractivity contribution in [2.45, 2.75) is 39.2 Å². The van der Waals surface area contributed by atoms with E-state index in [0.29, 0.717) is 13.2 Å². The SMILES string of the molecule is CCCC(Nc1ccccc1CCOC)C(=O)OCC. The topological polar surface area (TPSA) is 47.6 Å². The smallest absolute Gasteiger partial charge is 0.328 e. The molecule has 0 spiro atoms. The Morgan fingerprint density at radius 2 is 2.05 bits per heavy atom. The minimum Gasteiger partial charge on any atom is -0.464 e. The Hall–Kier alpha value is -1.55. The lowest BCUT2D eigenvalue weighted by Crippen LogP contribution is -2.31. The molecule has 1 aromatic rings. The number of methoxy groups -OCH3 is 1. The van der Waals surface area contributed by atoms with Gasteiger partial charge in [-0.15, -0.1) is 0 Å². The first-order valence-corrected chi connectivity index (χ1v) is 7.22. The molecule has 0 fully saturated rings. The average Bonchev–Trinajstić information content (AvgIpc) is 2.46. The van der Waals surface area contributed by atoms with Crippen molar-refractivity contribution < 1.29 is 14.3 Å². The number of nitrogens with one attached hydrogen (secondary N) is 1. The largest absolute Gasteiger partial charge is 0.464 e. The number of para-hydroxylation sites is 1. The van der Waals surface area contributed by atoms with E-state index in [1.807, 2.05) is 25.1 Å². The van der Waals surface area contributed by atoms with Crippen LogP contribution >= 0.6 is 0 Å². The fourth-order valence-electron chi connectivity index (χ4n) is 2.06. The zero-order chi connectivity index (χ0) is 14.8. The van der Waals surface area contributed by atoms with Crippen LogP contribution in [0.25, 0.3) is 0 Å². The molecule has 0 heterocycles. The van der Waals surface area contributed by atoms with Crippen molar-refractivity contribution in [3.63, 3.8) is 0 Å². The molecule has 1 unspecified atom stereocenters. The molecule has 0 bridgehead atoms. The van der Waals surface area contributed by atoms with E-state index in [-0.39, 0.29) is 12.0 Å². The summed E-state index contributed by atoms with van der Waals surface area (Å²) in [5, 5.41) is 3.31. The Kier molecular flexibility index (Phi) is 7.73. The van der Waals surface area contributed by atoms with Crippen LogP contribution in [0.5, 0.6) is 0 Å². The monoisotopic (exact) mass is 279 g/mol. The molecular formula is C16H25NO3. The van der Waals surface area contributed by atoms with E-state index in [1.165, 1.54) is 0 Å². The Morgan fingerprint density at radius 3 is 2.70 bits per heavy atom. The molecule has 0 aliphatic carbocycles. The summed E-state index contributed by atoms with van der Waals surface area (Å²) in [7, 11) is 1.69. The van der Waals surface area contributed by atoms with E-state index in [9.17, 15) is 4.79 Å². The number of benzene rings is 1. The average molecular weight is 279 g/mol. The van der Waals surface area contributed by atoms with E-state index in [4.69, 9.17) is 9.47 Å². The molecule has 0 saturated carbocycles. The summed E-state index contributed by atoms with van der Waals surface area (Å²) in [4.78, 5) is 12.0. The van der Waals surface area contributed by atoms with Crippen molar-refractivity contribution in [2.75, 3.05) is 25.6 Å². The van der Waals surface area contributed by atoms with Gasteiger partial charge in [0.15, 0.2) is 0 Å². The van der Waals surface area contributed by atoms with E-state index in [0.717, 1.165) is 30.5 Å². The minimum atomic E-state index is -0.288. The summed E-state index contributed by atoms with van der Waals surface area (Å²) < 4.78 is 10.2. The van der Waals surface area contributed by atoms with Gasteiger partial charge in [-0.3, -0.25) is 0 Å². The van der Waals surface area contributed by atoms with Crippen molar-refractivity contribution in [1.82, 2.24) is 0 Å². The highest BCUT2D eigenvalue weighted by atomic mass is 16.5. The molecule has 0 saturated heterocycles. The predicted octanol–water partition coefficient (Wildman–Crippen LogP) is 3.02. The second kappa shape index (κ2) is 9.37. The summed E-state index contributed by atoms with van der Waals surface area (Å²) in [6.45, 7) is 4.96. The number of ether oxygens (including phenoxy) is 2. The lowest BCUT2D eigenvalue weighted by Gasteiger charge is -2.20. The zero-order valence-electron chi connectivity index (χ0n) is 12.6. The van der Waals surface area contributed by atoms with Crippen LogP contribution in [0.15, 0.2) is 24.3 Å². The van der Waals surface area contributed by atoms with Gasteiger partial charge in [-0.2, -0.15) is 0 Å². The molecule has 1 atom stereocenters. The van der Waals surface area contributed by atoms with Crippen molar-refractivity contribution in [3.8, 4) is 0 Å². The van der Waals surface area contributed by atoms with Crippen molar-refractivity contribution in [2.24, 2.45) is 0 Å².